The third-order valence-corrected chi connectivity index (χ3v) is 4.45. The highest BCUT2D eigenvalue weighted by Gasteiger charge is 2.47. The Bertz CT molecular complexity index is 721. The van der Waals surface area contributed by atoms with Gasteiger partial charge in [-0.05, 0) is 30.5 Å². The van der Waals surface area contributed by atoms with Crippen LogP contribution in [0.5, 0.6) is 0 Å². The number of nitrogens with one attached hydrogen (secondary N) is 1. The van der Waals surface area contributed by atoms with Gasteiger partial charge in [-0.1, -0.05) is 23.7 Å². The number of nitrogens with zero attached hydrogens (tertiary/aromatic N) is 2. The van der Waals surface area contributed by atoms with Gasteiger partial charge in [-0.3, -0.25) is 4.79 Å². The van der Waals surface area contributed by atoms with Gasteiger partial charge in [0.2, 0.25) is 0 Å². The van der Waals surface area contributed by atoms with Crippen molar-refractivity contribution in [1.82, 2.24) is 15.2 Å². The van der Waals surface area contributed by atoms with Crippen molar-refractivity contribution in [2.24, 2.45) is 0 Å². The molecule has 0 saturated heterocycles. The number of hydrogen-bond donors (Lipinski definition) is 1. The second-order valence-corrected chi connectivity index (χ2v) is 6.36. The first-order valence-electron chi connectivity index (χ1n) is 7.36. The van der Waals surface area contributed by atoms with E-state index < -0.39 is 23.2 Å². The van der Waals surface area contributed by atoms with E-state index in [1.54, 1.807) is 25.4 Å². The Morgan fingerprint density at radius 2 is 2.08 bits per heavy atom. The molecule has 1 N–H and O–H groups in total. The summed E-state index contributed by atoms with van der Waals surface area (Å²) >= 11 is 5.76. The smallest absolute Gasteiger partial charge is 0.366 e. The molecule has 1 aromatic rings. The van der Waals surface area contributed by atoms with Crippen molar-refractivity contribution in [1.29, 1.82) is 0 Å². The van der Waals surface area contributed by atoms with E-state index >= 15 is 0 Å². The molecule has 2 aliphatic rings. The lowest BCUT2D eigenvalue weighted by Gasteiger charge is -2.27. The summed E-state index contributed by atoms with van der Waals surface area (Å²) in [7, 11) is 1.58. The van der Waals surface area contributed by atoms with E-state index in [2.05, 4.69) is 10.3 Å². The number of alkyl halides is 3. The van der Waals surface area contributed by atoms with E-state index in [1.807, 2.05) is 0 Å². The molecular weight excluding hydrogens is 343 g/mol. The first-order valence-corrected chi connectivity index (χ1v) is 7.74. The standard InChI is InChI=1S/C16H15ClF3N3O/c1-23-7-4-10(16(18,19)20)8-12(23)14(24)22-15(5-6-15)11-2-3-13(17)21-9-11/h2-4,8-9H,5-7H2,1H3,(H,22,24). The topological polar surface area (TPSA) is 45.2 Å². The van der Waals surface area contributed by atoms with Gasteiger partial charge in [0.15, 0.2) is 0 Å². The number of aromatic nitrogens is 1. The van der Waals surface area contributed by atoms with Crippen molar-refractivity contribution in [3.05, 3.63) is 52.5 Å². The van der Waals surface area contributed by atoms with Crippen molar-refractivity contribution < 1.29 is 18.0 Å². The van der Waals surface area contributed by atoms with E-state index in [9.17, 15) is 18.0 Å². The summed E-state index contributed by atoms with van der Waals surface area (Å²) in [5, 5.41) is 3.19. The van der Waals surface area contributed by atoms with Crippen LogP contribution < -0.4 is 5.32 Å². The molecule has 0 radical (unpaired) electrons. The molecule has 1 amide bonds. The molecular formula is C16H15ClF3N3O. The fourth-order valence-corrected chi connectivity index (χ4v) is 2.75. The molecule has 0 aromatic carbocycles. The minimum atomic E-state index is -4.47. The van der Waals surface area contributed by atoms with E-state index in [1.165, 1.54) is 4.90 Å². The Morgan fingerprint density at radius 3 is 2.62 bits per heavy atom. The van der Waals surface area contributed by atoms with Crippen LogP contribution in [0.1, 0.15) is 18.4 Å². The molecule has 2 heterocycles. The molecule has 3 rings (SSSR count). The number of likely N-dealkylation sites (N-methyl/N-ethyl adjacent to an activating group) is 1. The molecule has 1 aliphatic heterocycles. The molecule has 24 heavy (non-hydrogen) atoms. The highest BCUT2D eigenvalue weighted by atomic mass is 35.5. The van der Waals surface area contributed by atoms with Crippen LogP contribution in [0.4, 0.5) is 13.2 Å². The van der Waals surface area contributed by atoms with Crippen LogP contribution >= 0.6 is 11.6 Å². The Balaban J connectivity index is 1.80. The molecule has 0 spiro atoms. The fraction of sp³-hybridized carbons (Fsp3) is 0.375. The number of allylic oxidation sites excluding steroid dienone is 2. The predicted octanol–water partition coefficient (Wildman–Crippen LogP) is 3.16. The Kier molecular flexibility index (Phi) is 4.07. The predicted molar refractivity (Wildman–Crippen MR) is 83.2 cm³/mol. The number of pyridine rings is 1. The van der Waals surface area contributed by atoms with Crippen LogP contribution in [0.3, 0.4) is 0 Å². The largest absolute Gasteiger partial charge is 0.416 e. The van der Waals surface area contributed by atoms with Crippen LogP contribution in [-0.2, 0) is 10.3 Å². The van der Waals surface area contributed by atoms with Crippen molar-refractivity contribution in [2.75, 3.05) is 13.6 Å². The minimum Gasteiger partial charge on any atom is -0.366 e. The minimum absolute atomic E-state index is 0.00183. The maximum atomic E-state index is 12.9. The zero-order valence-electron chi connectivity index (χ0n) is 12.8. The lowest BCUT2D eigenvalue weighted by molar-refractivity contribution is -0.120. The molecule has 4 nitrogen and oxygen atoms in total. The molecule has 128 valence electrons. The normalized spacial score (nSPS) is 19.5. The van der Waals surface area contributed by atoms with Gasteiger partial charge in [-0.2, -0.15) is 13.2 Å². The van der Waals surface area contributed by atoms with Crippen molar-refractivity contribution in [3.63, 3.8) is 0 Å². The molecule has 0 unspecified atom stereocenters. The number of carbonyl (C=O) groups excluding carboxylic acids is 1. The third-order valence-electron chi connectivity index (χ3n) is 4.23. The first-order chi connectivity index (χ1) is 11.2. The van der Waals surface area contributed by atoms with Gasteiger partial charge in [-0.25, -0.2) is 4.98 Å². The lowest BCUT2D eigenvalue weighted by Crippen LogP contribution is -2.41. The van der Waals surface area contributed by atoms with Crippen LogP contribution in [0.25, 0.3) is 0 Å². The summed E-state index contributed by atoms with van der Waals surface area (Å²) in [5.41, 5.74) is -0.580. The van der Waals surface area contributed by atoms with Crippen molar-refractivity contribution >= 4 is 17.5 Å². The lowest BCUT2D eigenvalue weighted by atomic mass is 10.1. The molecule has 1 saturated carbocycles. The highest BCUT2D eigenvalue weighted by molar-refractivity contribution is 6.29. The molecule has 0 bridgehead atoms. The Morgan fingerprint density at radius 1 is 1.38 bits per heavy atom. The molecule has 1 aromatic heterocycles. The van der Waals surface area contributed by atoms with Gasteiger partial charge in [-0.15, -0.1) is 0 Å². The monoisotopic (exact) mass is 357 g/mol. The van der Waals surface area contributed by atoms with E-state index in [-0.39, 0.29) is 12.2 Å². The summed E-state index contributed by atoms with van der Waals surface area (Å²) in [6, 6.07) is 3.39. The summed E-state index contributed by atoms with van der Waals surface area (Å²) in [6.45, 7) is 0.0313. The van der Waals surface area contributed by atoms with Crippen molar-refractivity contribution in [2.45, 2.75) is 24.6 Å². The molecule has 1 aliphatic carbocycles. The van der Waals surface area contributed by atoms with Gasteiger partial charge in [0, 0.05) is 19.8 Å². The molecule has 1 fully saturated rings. The van der Waals surface area contributed by atoms with E-state index in [0.29, 0.717) is 18.0 Å². The highest BCUT2D eigenvalue weighted by Crippen LogP contribution is 2.45. The van der Waals surface area contributed by atoms with Gasteiger partial charge >= 0.3 is 6.18 Å². The maximum absolute atomic E-state index is 12.9. The van der Waals surface area contributed by atoms with Gasteiger partial charge in [0.05, 0.1) is 11.1 Å². The average molecular weight is 358 g/mol. The number of hydrogen-bond acceptors (Lipinski definition) is 3. The second-order valence-electron chi connectivity index (χ2n) is 5.97. The van der Waals surface area contributed by atoms with Gasteiger partial charge in [0.25, 0.3) is 5.91 Å². The summed E-state index contributed by atoms with van der Waals surface area (Å²) in [5.74, 6) is -0.528. The number of amides is 1. The third kappa shape index (κ3) is 3.26. The van der Waals surface area contributed by atoms with E-state index in [0.717, 1.165) is 17.7 Å². The quantitative estimate of drug-likeness (QED) is 0.845. The van der Waals surface area contributed by atoms with E-state index in [4.69, 9.17) is 11.6 Å². The molecule has 0 atom stereocenters. The summed E-state index contributed by atoms with van der Waals surface area (Å²) in [4.78, 5) is 18.0. The number of halogens is 4. The molecule has 8 heteroatoms. The van der Waals surface area contributed by atoms with Gasteiger partial charge < -0.3 is 10.2 Å². The maximum Gasteiger partial charge on any atom is 0.416 e. The summed E-state index contributed by atoms with van der Waals surface area (Å²) in [6.07, 6.45) is 0.476. The Hall–Kier alpha value is -2.02. The fourth-order valence-electron chi connectivity index (χ4n) is 2.64. The number of carbonyl (C=O) groups is 1. The average Bonchev–Trinajstić information content (AvgIpc) is 3.27. The van der Waals surface area contributed by atoms with Crippen LogP contribution in [0.2, 0.25) is 5.15 Å². The van der Waals surface area contributed by atoms with Crippen molar-refractivity contribution in [3.8, 4) is 0 Å². The zero-order chi connectivity index (χ0) is 17.5. The van der Waals surface area contributed by atoms with Crippen LogP contribution in [-0.4, -0.2) is 35.6 Å². The van der Waals surface area contributed by atoms with Gasteiger partial charge in [0.1, 0.15) is 10.9 Å². The first kappa shape index (κ1) is 16.8. The Labute approximate surface area is 142 Å². The summed E-state index contributed by atoms with van der Waals surface area (Å²) < 4.78 is 38.6. The number of rotatable bonds is 3. The second kappa shape index (κ2) is 5.81. The SMILES string of the molecule is CN1CC=C(C(F)(F)F)C=C1C(=O)NC1(c2ccc(Cl)nc2)CC1. The zero-order valence-corrected chi connectivity index (χ0v) is 13.6. The van der Waals surface area contributed by atoms with Crippen LogP contribution in [0, 0.1) is 0 Å². The van der Waals surface area contributed by atoms with Crippen LogP contribution in [0.15, 0.2) is 41.8 Å².